The van der Waals surface area contributed by atoms with Gasteiger partial charge in [0.1, 0.15) is 5.75 Å². The molecule has 0 saturated heterocycles. The van der Waals surface area contributed by atoms with Gasteiger partial charge in [-0.2, -0.15) is 0 Å². The topological polar surface area (TPSA) is 37.3 Å². The SMILES string of the molecule is CC[C@@H](C(=O)c1ccc(O)cc1)c1ccccc1. The highest BCUT2D eigenvalue weighted by Crippen LogP contribution is 2.24. The van der Waals surface area contributed by atoms with E-state index < -0.39 is 0 Å². The highest BCUT2D eigenvalue weighted by Gasteiger charge is 2.19. The predicted molar refractivity (Wildman–Crippen MR) is 71.9 cm³/mol. The molecule has 0 amide bonds. The molecule has 2 rings (SSSR count). The summed E-state index contributed by atoms with van der Waals surface area (Å²) in [6.07, 6.45) is 0.768. The number of carbonyl (C=O) groups is 1. The van der Waals surface area contributed by atoms with E-state index in [0.717, 1.165) is 12.0 Å². The average molecular weight is 240 g/mol. The fraction of sp³-hybridized carbons (Fsp3) is 0.188. The van der Waals surface area contributed by atoms with Crippen molar-refractivity contribution >= 4 is 5.78 Å². The van der Waals surface area contributed by atoms with Crippen LogP contribution in [0.5, 0.6) is 5.75 Å². The minimum Gasteiger partial charge on any atom is -0.508 e. The molecule has 2 aromatic carbocycles. The normalized spacial score (nSPS) is 12.1. The largest absolute Gasteiger partial charge is 0.508 e. The van der Waals surface area contributed by atoms with Crippen molar-refractivity contribution in [2.24, 2.45) is 0 Å². The number of Topliss-reactive ketones (excluding diaryl/α,β-unsaturated/α-hetero) is 1. The molecule has 1 atom stereocenters. The van der Waals surface area contributed by atoms with Gasteiger partial charge in [0.25, 0.3) is 0 Å². The molecule has 0 aliphatic carbocycles. The molecule has 0 aliphatic rings. The molecule has 92 valence electrons. The maximum atomic E-state index is 12.4. The molecule has 18 heavy (non-hydrogen) atoms. The summed E-state index contributed by atoms with van der Waals surface area (Å²) in [5.41, 5.74) is 1.68. The van der Waals surface area contributed by atoms with Crippen LogP contribution in [0.25, 0.3) is 0 Å². The zero-order valence-electron chi connectivity index (χ0n) is 10.3. The van der Waals surface area contributed by atoms with Gasteiger partial charge in [0, 0.05) is 11.5 Å². The lowest BCUT2D eigenvalue weighted by Gasteiger charge is -2.14. The predicted octanol–water partition coefficient (Wildman–Crippen LogP) is 3.77. The monoisotopic (exact) mass is 240 g/mol. The first-order valence-corrected chi connectivity index (χ1v) is 6.10. The summed E-state index contributed by atoms with van der Waals surface area (Å²) in [7, 11) is 0. The van der Waals surface area contributed by atoms with Crippen LogP contribution in [0.1, 0.15) is 35.2 Å². The second-order valence-electron chi connectivity index (χ2n) is 4.28. The molecule has 0 saturated carbocycles. The Bertz CT molecular complexity index is 515. The first-order chi connectivity index (χ1) is 8.72. The fourth-order valence-electron chi connectivity index (χ4n) is 2.08. The molecule has 2 heteroatoms. The summed E-state index contributed by atoms with van der Waals surface area (Å²) in [5.74, 6) is 0.166. The number of phenols is 1. The molecule has 2 aromatic rings. The van der Waals surface area contributed by atoms with Crippen LogP contribution in [0.3, 0.4) is 0 Å². The van der Waals surface area contributed by atoms with Crippen molar-refractivity contribution in [2.45, 2.75) is 19.3 Å². The van der Waals surface area contributed by atoms with Crippen molar-refractivity contribution in [1.82, 2.24) is 0 Å². The lowest BCUT2D eigenvalue weighted by atomic mass is 9.89. The number of benzene rings is 2. The van der Waals surface area contributed by atoms with Gasteiger partial charge in [-0.05, 0) is 36.2 Å². The molecule has 0 radical (unpaired) electrons. The number of phenolic OH excluding ortho intramolecular Hbond substituents is 1. The lowest BCUT2D eigenvalue weighted by molar-refractivity contribution is 0.0957. The number of carbonyl (C=O) groups excluding carboxylic acids is 1. The van der Waals surface area contributed by atoms with Gasteiger partial charge in [-0.1, -0.05) is 37.3 Å². The second-order valence-corrected chi connectivity index (χ2v) is 4.28. The summed E-state index contributed by atoms with van der Waals surface area (Å²) < 4.78 is 0. The highest BCUT2D eigenvalue weighted by atomic mass is 16.3. The van der Waals surface area contributed by atoms with Crippen LogP contribution >= 0.6 is 0 Å². The Morgan fingerprint density at radius 3 is 2.22 bits per heavy atom. The Balaban J connectivity index is 2.28. The summed E-state index contributed by atoms with van der Waals surface area (Å²) >= 11 is 0. The third kappa shape index (κ3) is 2.59. The van der Waals surface area contributed by atoms with E-state index in [0.29, 0.717) is 5.56 Å². The number of ketones is 1. The highest BCUT2D eigenvalue weighted by molar-refractivity contribution is 6.01. The van der Waals surface area contributed by atoms with Gasteiger partial charge in [-0.25, -0.2) is 0 Å². The van der Waals surface area contributed by atoms with E-state index in [1.807, 2.05) is 37.3 Å². The summed E-state index contributed by atoms with van der Waals surface area (Å²) in [6.45, 7) is 2.01. The minimum absolute atomic E-state index is 0.101. The quantitative estimate of drug-likeness (QED) is 0.826. The number of aromatic hydroxyl groups is 1. The molecule has 1 N–H and O–H groups in total. The van der Waals surface area contributed by atoms with E-state index in [1.54, 1.807) is 24.3 Å². The van der Waals surface area contributed by atoms with Crippen molar-refractivity contribution in [3.05, 3.63) is 65.7 Å². The van der Waals surface area contributed by atoms with Crippen LogP contribution in [0, 0.1) is 0 Å². The van der Waals surface area contributed by atoms with Crippen molar-refractivity contribution in [2.75, 3.05) is 0 Å². The first-order valence-electron chi connectivity index (χ1n) is 6.10. The maximum absolute atomic E-state index is 12.4. The third-order valence-electron chi connectivity index (χ3n) is 3.08. The van der Waals surface area contributed by atoms with Crippen molar-refractivity contribution in [3.8, 4) is 5.75 Å². The first kappa shape index (κ1) is 12.4. The fourth-order valence-corrected chi connectivity index (χ4v) is 2.08. The van der Waals surface area contributed by atoms with Crippen LogP contribution in [-0.4, -0.2) is 10.9 Å². The smallest absolute Gasteiger partial charge is 0.170 e. The van der Waals surface area contributed by atoms with Crippen molar-refractivity contribution < 1.29 is 9.90 Å². The number of hydrogen-bond acceptors (Lipinski definition) is 2. The average Bonchev–Trinajstić information content (AvgIpc) is 2.41. The molecular formula is C16H16O2. The van der Waals surface area contributed by atoms with E-state index in [9.17, 15) is 9.90 Å². The van der Waals surface area contributed by atoms with E-state index >= 15 is 0 Å². The Kier molecular flexibility index (Phi) is 3.78. The zero-order valence-corrected chi connectivity index (χ0v) is 10.3. The summed E-state index contributed by atoms with van der Waals surface area (Å²) in [6, 6.07) is 16.2. The molecule has 0 bridgehead atoms. The molecule has 0 heterocycles. The Labute approximate surface area is 107 Å². The van der Waals surface area contributed by atoms with Crippen LogP contribution in [-0.2, 0) is 0 Å². The van der Waals surface area contributed by atoms with Gasteiger partial charge in [-0.3, -0.25) is 4.79 Å². The molecular weight excluding hydrogens is 224 g/mol. The standard InChI is InChI=1S/C16H16O2/c1-2-15(12-6-4-3-5-7-12)16(18)13-8-10-14(17)11-9-13/h3-11,15,17H,2H2,1H3/t15-/m1/s1. The number of hydrogen-bond donors (Lipinski definition) is 1. The van der Waals surface area contributed by atoms with Crippen molar-refractivity contribution in [3.63, 3.8) is 0 Å². The van der Waals surface area contributed by atoms with Crippen LogP contribution in [0.2, 0.25) is 0 Å². The van der Waals surface area contributed by atoms with Gasteiger partial charge in [0.05, 0.1) is 0 Å². The Hall–Kier alpha value is -2.09. The number of rotatable bonds is 4. The lowest BCUT2D eigenvalue weighted by Crippen LogP contribution is -2.12. The van der Waals surface area contributed by atoms with Gasteiger partial charge in [0.2, 0.25) is 0 Å². The van der Waals surface area contributed by atoms with Crippen molar-refractivity contribution in [1.29, 1.82) is 0 Å². The van der Waals surface area contributed by atoms with E-state index in [-0.39, 0.29) is 17.5 Å². The summed E-state index contributed by atoms with van der Waals surface area (Å²) in [5, 5.41) is 9.24. The maximum Gasteiger partial charge on any atom is 0.170 e. The van der Waals surface area contributed by atoms with Gasteiger partial charge >= 0.3 is 0 Å². The van der Waals surface area contributed by atoms with Crippen LogP contribution in [0.15, 0.2) is 54.6 Å². The van der Waals surface area contributed by atoms with Gasteiger partial charge < -0.3 is 5.11 Å². The van der Waals surface area contributed by atoms with Gasteiger partial charge in [0.15, 0.2) is 5.78 Å². The van der Waals surface area contributed by atoms with Gasteiger partial charge in [-0.15, -0.1) is 0 Å². The molecule has 0 aliphatic heterocycles. The van der Waals surface area contributed by atoms with E-state index in [2.05, 4.69) is 0 Å². The third-order valence-corrected chi connectivity index (χ3v) is 3.08. The Morgan fingerprint density at radius 2 is 1.67 bits per heavy atom. The minimum atomic E-state index is -0.115. The van der Waals surface area contributed by atoms with Crippen LogP contribution < -0.4 is 0 Å². The molecule has 0 spiro atoms. The molecule has 2 nitrogen and oxygen atoms in total. The zero-order chi connectivity index (χ0) is 13.0. The second kappa shape index (κ2) is 5.50. The summed E-state index contributed by atoms with van der Waals surface area (Å²) in [4.78, 5) is 12.4. The molecule has 0 fully saturated rings. The molecule has 0 aromatic heterocycles. The van der Waals surface area contributed by atoms with Crippen LogP contribution in [0.4, 0.5) is 0 Å². The Morgan fingerprint density at radius 1 is 1.06 bits per heavy atom. The molecule has 0 unspecified atom stereocenters. The van der Waals surface area contributed by atoms with E-state index in [4.69, 9.17) is 0 Å². The van der Waals surface area contributed by atoms with E-state index in [1.165, 1.54) is 0 Å².